The van der Waals surface area contributed by atoms with E-state index in [-0.39, 0.29) is 0 Å². The fourth-order valence-corrected chi connectivity index (χ4v) is 3.80. The molecule has 0 spiro atoms. The minimum absolute atomic E-state index is 0.410. The molecule has 1 unspecified atom stereocenters. The zero-order valence-corrected chi connectivity index (χ0v) is 15.0. The van der Waals surface area contributed by atoms with Crippen molar-refractivity contribution >= 4 is 0 Å². The van der Waals surface area contributed by atoms with Gasteiger partial charge in [0, 0.05) is 25.7 Å². The van der Waals surface area contributed by atoms with Gasteiger partial charge in [-0.15, -0.1) is 5.10 Å². The van der Waals surface area contributed by atoms with Crippen LogP contribution < -0.4 is 0 Å². The third-order valence-electron chi connectivity index (χ3n) is 5.23. The van der Waals surface area contributed by atoms with Crippen LogP contribution in [0.5, 0.6) is 5.75 Å². The summed E-state index contributed by atoms with van der Waals surface area (Å²) in [6.07, 6.45) is 2.08. The van der Waals surface area contributed by atoms with Gasteiger partial charge in [-0.2, -0.15) is 0 Å². The molecule has 4 rings (SSSR count). The third kappa shape index (κ3) is 3.48. The number of phenolic OH excluding ortho intramolecular Hbond substituents is 1. The van der Waals surface area contributed by atoms with Crippen LogP contribution in [0.25, 0.3) is 11.3 Å². The number of rotatable bonds is 5. The van der Waals surface area contributed by atoms with Crippen molar-refractivity contribution in [1.82, 2.24) is 19.9 Å². The number of phenols is 1. The monoisotopic (exact) mass is 348 g/mol. The Morgan fingerprint density at radius 2 is 1.85 bits per heavy atom. The lowest BCUT2D eigenvalue weighted by Crippen LogP contribution is -2.22. The summed E-state index contributed by atoms with van der Waals surface area (Å²) >= 11 is 0. The summed E-state index contributed by atoms with van der Waals surface area (Å²) < 4.78 is 1.89. The first-order valence-electron chi connectivity index (χ1n) is 9.14. The molecule has 1 aliphatic heterocycles. The Kier molecular flexibility index (Phi) is 4.71. The van der Waals surface area contributed by atoms with Crippen LogP contribution in [-0.4, -0.2) is 38.1 Å². The van der Waals surface area contributed by atoms with Crippen molar-refractivity contribution in [3.8, 4) is 17.0 Å². The third-order valence-corrected chi connectivity index (χ3v) is 5.23. The van der Waals surface area contributed by atoms with Crippen LogP contribution in [-0.2, 0) is 20.0 Å². The summed E-state index contributed by atoms with van der Waals surface area (Å²) in [5, 5.41) is 18.6. The number of hydrogen-bond donors (Lipinski definition) is 1. The minimum Gasteiger partial charge on any atom is -0.508 e. The number of aromatic hydroxyl groups is 1. The Morgan fingerprint density at radius 3 is 2.65 bits per heavy atom. The first kappa shape index (κ1) is 16.8. The second-order valence-electron chi connectivity index (χ2n) is 7.10. The lowest BCUT2D eigenvalue weighted by molar-refractivity contribution is 0.307. The van der Waals surface area contributed by atoms with Gasteiger partial charge in [-0.25, -0.2) is 0 Å². The van der Waals surface area contributed by atoms with Crippen molar-refractivity contribution in [1.29, 1.82) is 0 Å². The fraction of sp³-hybridized carbons (Fsp3) is 0.333. The molecule has 0 saturated carbocycles. The van der Waals surface area contributed by atoms with Gasteiger partial charge in [0.25, 0.3) is 0 Å². The molecule has 134 valence electrons. The van der Waals surface area contributed by atoms with Crippen LogP contribution in [0.3, 0.4) is 0 Å². The SMILES string of the molecule is Cn1nnc(-c2ccccc2)c1CN1CCC(Cc2ccccc2O)C1. The minimum atomic E-state index is 0.410. The van der Waals surface area contributed by atoms with Gasteiger partial charge in [-0.05, 0) is 36.9 Å². The van der Waals surface area contributed by atoms with E-state index in [1.807, 2.05) is 48.1 Å². The van der Waals surface area contributed by atoms with E-state index in [1.165, 1.54) is 0 Å². The van der Waals surface area contributed by atoms with Crippen molar-refractivity contribution < 1.29 is 5.11 Å². The Bertz CT molecular complexity index is 875. The van der Waals surface area contributed by atoms with E-state index >= 15 is 0 Å². The van der Waals surface area contributed by atoms with Crippen molar-refractivity contribution in [2.75, 3.05) is 13.1 Å². The summed E-state index contributed by atoms with van der Waals surface area (Å²) in [6, 6.07) is 17.9. The molecular weight excluding hydrogens is 324 g/mol. The first-order valence-corrected chi connectivity index (χ1v) is 9.14. The molecule has 0 aliphatic carbocycles. The van der Waals surface area contributed by atoms with E-state index < -0.39 is 0 Å². The van der Waals surface area contributed by atoms with E-state index in [0.717, 1.165) is 55.0 Å². The van der Waals surface area contributed by atoms with Crippen LogP contribution in [0.15, 0.2) is 54.6 Å². The maximum atomic E-state index is 10.0. The molecule has 2 heterocycles. The smallest absolute Gasteiger partial charge is 0.118 e. The van der Waals surface area contributed by atoms with Crippen LogP contribution in [0, 0.1) is 5.92 Å². The second kappa shape index (κ2) is 7.30. The van der Waals surface area contributed by atoms with Crippen molar-refractivity contribution in [2.45, 2.75) is 19.4 Å². The Balaban J connectivity index is 1.45. The Labute approximate surface area is 153 Å². The van der Waals surface area contributed by atoms with Crippen molar-refractivity contribution in [3.05, 3.63) is 65.9 Å². The standard InChI is InChI=1S/C21H24N4O/c1-24-19(21(22-23-24)17-7-3-2-4-8-17)15-25-12-11-16(14-25)13-18-9-5-6-10-20(18)26/h2-10,16,26H,11-15H2,1H3. The van der Waals surface area contributed by atoms with Crippen molar-refractivity contribution in [2.24, 2.45) is 13.0 Å². The topological polar surface area (TPSA) is 54.2 Å². The Hall–Kier alpha value is -2.66. The maximum absolute atomic E-state index is 10.0. The number of aryl methyl sites for hydroxylation is 1. The van der Waals surface area contributed by atoms with E-state index in [9.17, 15) is 5.11 Å². The molecule has 26 heavy (non-hydrogen) atoms. The van der Waals surface area contributed by atoms with Gasteiger partial charge in [-0.1, -0.05) is 53.7 Å². The van der Waals surface area contributed by atoms with E-state index in [4.69, 9.17) is 0 Å². The number of likely N-dealkylation sites (tertiary alicyclic amines) is 1. The highest BCUT2D eigenvalue weighted by Crippen LogP contribution is 2.28. The highest BCUT2D eigenvalue weighted by Gasteiger charge is 2.25. The molecule has 1 N–H and O–H groups in total. The molecule has 1 fully saturated rings. The average molecular weight is 348 g/mol. The van der Waals surface area contributed by atoms with Crippen molar-refractivity contribution in [3.63, 3.8) is 0 Å². The van der Waals surface area contributed by atoms with Crippen LogP contribution in [0.4, 0.5) is 0 Å². The van der Waals surface area contributed by atoms with E-state index in [1.54, 1.807) is 6.07 Å². The second-order valence-corrected chi connectivity index (χ2v) is 7.10. The maximum Gasteiger partial charge on any atom is 0.118 e. The molecular formula is C21H24N4O. The molecule has 0 amide bonds. The number of benzene rings is 2. The largest absolute Gasteiger partial charge is 0.508 e. The van der Waals surface area contributed by atoms with Gasteiger partial charge in [0.15, 0.2) is 0 Å². The number of para-hydroxylation sites is 1. The molecule has 3 aromatic rings. The molecule has 1 atom stereocenters. The zero-order chi connectivity index (χ0) is 17.9. The van der Waals surface area contributed by atoms with Crippen LogP contribution in [0.2, 0.25) is 0 Å². The first-order chi connectivity index (χ1) is 12.7. The van der Waals surface area contributed by atoms with Gasteiger partial charge in [0.05, 0.1) is 5.69 Å². The van der Waals surface area contributed by atoms with Gasteiger partial charge in [0.2, 0.25) is 0 Å². The van der Waals surface area contributed by atoms with Crippen LogP contribution in [0.1, 0.15) is 17.7 Å². The molecule has 5 heteroatoms. The Morgan fingerprint density at radius 1 is 1.08 bits per heavy atom. The molecule has 1 saturated heterocycles. The van der Waals surface area contributed by atoms with E-state index in [0.29, 0.717) is 11.7 Å². The van der Waals surface area contributed by atoms with Gasteiger partial charge in [0.1, 0.15) is 11.4 Å². The van der Waals surface area contributed by atoms with Crippen LogP contribution >= 0.6 is 0 Å². The number of aromatic nitrogens is 3. The fourth-order valence-electron chi connectivity index (χ4n) is 3.80. The highest BCUT2D eigenvalue weighted by molar-refractivity contribution is 5.61. The lowest BCUT2D eigenvalue weighted by Gasteiger charge is -2.17. The molecule has 1 aromatic heterocycles. The summed E-state index contributed by atoms with van der Waals surface area (Å²) in [5.74, 6) is 0.984. The molecule has 0 bridgehead atoms. The average Bonchev–Trinajstić information content (AvgIpc) is 3.25. The predicted octanol–water partition coefficient (Wildman–Crippen LogP) is 3.25. The summed E-state index contributed by atoms with van der Waals surface area (Å²) in [4.78, 5) is 2.47. The van der Waals surface area contributed by atoms with Gasteiger partial charge >= 0.3 is 0 Å². The highest BCUT2D eigenvalue weighted by atomic mass is 16.3. The molecule has 1 aliphatic rings. The zero-order valence-electron chi connectivity index (χ0n) is 15.0. The van der Waals surface area contributed by atoms with Gasteiger partial charge < -0.3 is 5.11 Å². The predicted molar refractivity (Wildman–Crippen MR) is 102 cm³/mol. The summed E-state index contributed by atoms with van der Waals surface area (Å²) in [5.41, 5.74) is 4.28. The normalized spacial score (nSPS) is 17.7. The van der Waals surface area contributed by atoms with E-state index in [2.05, 4.69) is 27.3 Å². The molecule has 5 nitrogen and oxygen atoms in total. The molecule has 0 radical (unpaired) electrons. The number of hydrogen-bond acceptors (Lipinski definition) is 4. The van der Waals surface area contributed by atoms with Gasteiger partial charge in [-0.3, -0.25) is 9.58 Å². The summed E-state index contributed by atoms with van der Waals surface area (Å²) in [6.45, 7) is 2.95. The molecule has 2 aromatic carbocycles. The summed E-state index contributed by atoms with van der Waals surface area (Å²) in [7, 11) is 1.96. The number of nitrogens with zero attached hydrogens (tertiary/aromatic N) is 4. The quantitative estimate of drug-likeness (QED) is 0.769. The lowest BCUT2D eigenvalue weighted by atomic mass is 9.98.